The Hall–Kier alpha value is -1.03. The first-order valence-electron chi connectivity index (χ1n) is 7.89. The van der Waals surface area contributed by atoms with E-state index in [1.807, 2.05) is 0 Å². The van der Waals surface area contributed by atoms with Crippen LogP contribution in [0.4, 0.5) is 5.69 Å². The second-order valence-electron chi connectivity index (χ2n) is 7.01. The predicted molar refractivity (Wildman–Crippen MR) is 87.9 cm³/mol. The molecular formula is C16H26ClN3O. The normalized spacial score (nSPS) is 26.1. The van der Waals surface area contributed by atoms with E-state index in [2.05, 4.69) is 38.1 Å². The molecule has 0 aromatic carbocycles. The van der Waals surface area contributed by atoms with Crippen molar-refractivity contribution in [3.8, 4) is 0 Å². The molecule has 1 fully saturated rings. The lowest BCUT2D eigenvalue weighted by atomic mass is 9.80. The van der Waals surface area contributed by atoms with Gasteiger partial charge in [-0.3, -0.25) is 4.79 Å². The maximum Gasteiger partial charge on any atom is 0.287 e. The van der Waals surface area contributed by atoms with E-state index < -0.39 is 0 Å². The summed E-state index contributed by atoms with van der Waals surface area (Å²) in [7, 11) is 0. The van der Waals surface area contributed by atoms with Crippen molar-refractivity contribution in [2.75, 3.05) is 5.32 Å². The third kappa shape index (κ3) is 4.22. The Labute approximate surface area is 131 Å². The van der Waals surface area contributed by atoms with Gasteiger partial charge in [-0.25, -0.2) is 4.68 Å². The van der Waals surface area contributed by atoms with Crippen LogP contribution in [0.2, 0.25) is 5.02 Å². The molecule has 1 aromatic rings. The molecule has 1 aliphatic rings. The second-order valence-corrected chi connectivity index (χ2v) is 7.39. The average Bonchev–Trinajstić information content (AvgIpc) is 2.37. The summed E-state index contributed by atoms with van der Waals surface area (Å²) in [5.41, 5.74) is 0.472. The Morgan fingerprint density at radius 1 is 1.33 bits per heavy atom. The Morgan fingerprint density at radius 3 is 2.52 bits per heavy atom. The zero-order valence-corrected chi connectivity index (χ0v) is 14.2. The number of nitrogens with one attached hydrogen (secondary N) is 1. The molecule has 2 unspecified atom stereocenters. The molecule has 1 aromatic heterocycles. The van der Waals surface area contributed by atoms with E-state index in [-0.39, 0.29) is 10.6 Å². The van der Waals surface area contributed by atoms with Crippen LogP contribution in [0.1, 0.15) is 47.0 Å². The van der Waals surface area contributed by atoms with Gasteiger partial charge in [-0.2, -0.15) is 5.10 Å². The number of nitrogens with zero attached hydrogens (tertiary/aromatic N) is 2. The number of hydrogen-bond donors (Lipinski definition) is 1. The van der Waals surface area contributed by atoms with Crippen LogP contribution in [0.5, 0.6) is 0 Å². The molecule has 4 nitrogen and oxygen atoms in total. The predicted octanol–water partition coefficient (Wildman–Crippen LogP) is 3.79. The number of anilines is 1. The molecule has 2 rings (SSSR count). The van der Waals surface area contributed by atoms with E-state index in [0.29, 0.717) is 36.0 Å². The van der Waals surface area contributed by atoms with Gasteiger partial charge in [0.1, 0.15) is 5.02 Å². The van der Waals surface area contributed by atoms with Crippen LogP contribution >= 0.6 is 11.6 Å². The van der Waals surface area contributed by atoms with Crippen molar-refractivity contribution < 1.29 is 0 Å². The van der Waals surface area contributed by atoms with Crippen molar-refractivity contribution in [3.63, 3.8) is 0 Å². The molecule has 1 heterocycles. The van der Waals surface area contributed by atoms with E-state index in [0.717, 1.165) is 12.8 Å². The first-order chi connectivity index (χ1) is 9.86. The van der Waals surface area contributed by atoms with Gasteiger partial charge in [0.2, 0.25) is 0 Å². The van der Waals surface area contributed by atoms with Crippen LogP contribution in [-0.2, 0) is 6.54 Å². The highest BCUT2D eigenvalue weighted by atomic mass is 35.5. The summed E-state index contributed by atoms with van der Waals surface area (Å²) in [5.74, 6) is 1.78. The van der Waals surface area contributed by atoms with Crippen LogP contribution < -0.4 is 10.9 Å². The lowest BCUT2D eigenvalue weighted by Gasteiger charge is -2.32. The van der Waals surface area contributed by atoms with E-state index in [1.165, 1.54) is 11.1 Å². The number of halogens is 1. The molecule has 118 valence electrons. The number of rotatable bonds is 4. The van der Waals surface area contributed by atoms with Gasteiger partial charge in [0.05, 0.1) is 11.9 Å². The van der Waals surface area contributed by atoms with Gasteiger partial charge < -0.3 is 5.32 Å². The summed E-state index contributed by atoms with van der Waals surface area (Å²) in [5, 5.41) is 7.92. The van der Waals surface area contributed by atoms with Crippen molar-refractivity contribution in [2.45, 2.75) is 59.5 Å². The quantitative estimate of drug-likeness (QED) is 0.920. The summed E-state index contributed by atoms with van der Waals surface area (Å²) in [4.78, 5) is 12.2. The van der Waals surface area contributed by atoms with E-state index >= 15 is 0 Å². The van der Waals surface area contributed by atoms with Crippen molar-refractivity contribution >= 4 is 17.3 Å². The van der Waals surface area contributed by atoms with E-state index in [4.69, 9.17) is 11.6 Å². The van der Waals surface area contributed by atoms with E-state index in [1.54, 1.807) is 6.20 Å². The fourth-order valence-electron chi connectivity index (χ4n) is 3.33. The van der Waals surface area contributed by atoms with Gasteiger partial charge >= 0.3 is 0 Å². The smallest absolute Gasteiger partial charge is 0.287 e. The van der Waals surface area contributed by atoms with Gasteiger partial charge in [0, 0.05) is 12.6 Å². The third-order valence-corrected chi connectivity index (χ3v) is 4.43. The lowest BCUT2D eigenvalue weighted by Crippen LogP contribution is -2.32. The molecule has 1 N–H and O–H groups in total. The fraction of sp³-hybridized carbons (Fsp3) is 0.750. The Bertz CT molecular complexity index is 531. The van der Waals surface area contributed by atoms with Gasteiger partial charge in [0.25, 0.3) is 5.56 Å². The average molecular weight is 312 g/mol. The standard InChI is InChI=1S/C16H26ClN3O/c1-10(2)9-20-16(21)15(17)14(8-18-20)19-13-6-11(3)5-12(4)7-13/h8,10-13,19H,5-7,9H2,1-4H3. The topological polar surface area (TPSA) is 46.9 Å². The highest BCUT2D eigenvalue weighted by Crippen LogP contribution is 2.31. The molecule has 0 spiro atoms. The zero-order valence-electron chi connectivity index (χ0n) is 13.4. The SMILES string of the molecule is CC(C)Cn1ncc(NC2CC(C)CC(C)C2)c(Cl)c1=O. The molecular weight excluding hydrogens is 286 g/mol. The maximum absolute atomic E-state index is 12.2. The molecule has 0 saturated heterocycles. The molecule has 1 saturated carbocycles. The molecule has 0 amide bonds. The molecule has 5 heteroatoms. The largest absolute Gasteiger partial charge is 0.380 e. The highest BCUT2D eigenvalue weighted by Gasteiger charge is 2.24. The van der Waals surface area contributed by atoms with Crippen molar-refractivity contribution in [1.29, 1.82) is 0 Å². The fourth-order valence-corrected chi connectivity index (χ4v) is 3.53. The number of hydrogen-bond acceptors (Lipinski definition) is 3. The second kappa shape index (κ2) is 6.82. The Balaban J connectivity index is 2.14. The number of aromatic nitrogens is 2. The minimum atomic E-state index is -0.202. The molecule has 2 atom stereocenters. The summed E-state index contributed by atoms with van der Waals surface area (Å²) in [6.07, 6.45) is 5.21. The molecule has 1 aliphatic carbocycles. The first kappa shape index (κ1) is 16.3. The minimum absolute atomic E-state index is 0.202. The first-order valence-corrected chi connectivity index (χ1v) is 8.26. The van der Waals surface area contributed by atoms with Gasteiger partial charge in [-0.15, -0.1) is 0 Å². The Morgan fingerprint density at radius 2 is 1.95 bits per heavy atom. The van der Waals surface area contributed by atoms with Crippen LogP contribution in [0.15, 0.2) is 11.0 Å². The van der Waals surface area contributed by atoms with E-state index in [9.17, 15) is 4.79 Å². The highest BCUT2D eigenvalue weighted by molar-refractivity contribution is 6.32. The third-order valence-electron chi connectivity index (χ3n) is 4.06. The summed E-state index contributed by atoms with van der Waals surface area (Å²) in [6.45, 7) is 9.27. The molecule has 0 radical (unpaired) electrons. The monoisotopic (exact) mass is 311 g/mol. The van der Waals surface area contributed by atoms with Gasteiger partial charge in [-0.1, -0.05) is 39.3 Å². The van der Waals surface area contributed by atoms with Crippen LogP contribution in [-0.4, -0.2) is 15.8 Å². The minimum Gasteiger partial charge on any atom is -0.380 e. The van der Waals surface area contributed by atoms with Crippen LogP contribution in [0.25, 0.3) is 0 Å². The van der Waals surface area contributed by atoms with Crippen LogP contribution in [0, 0.1) is 17.8 Å². The lowest BCUT2D eigenvalue weighted by molar-refractivity contribution is 0.280. The Kier molecular flexibility index (Phi) is 5.31. The molecule has 0 bridgehead atoms. The summed E-state index contributed by atoms with van der Waals surface area (Å²) in [6, 6.07) is 0.378. The molecule has 21 heavy (non-hydrogen) atoms. The van der Waals surface area contributed by atoms with Gasteiger partial charge in [0.15, 0.2) is 0 Å². The maximum atomic E-state index is 12.2. The summed E-state index contributed by atoms with van der Waals surface area (Å²) >= 11 is 6.24. The summed E-state index contributed by atoms with van der Waals surface area (Å²) < 4.78 is 1.45. The van der Waals surface area contributed by atoms with Crippen molar-refractivity contribution in [1.82, 2.24) is 9.78 Å². The van der Waals surface area contributed by atoms with Crippen LogP contribution in [0.3, 0.4) is 0 Å². The molecule has 0 aliphatic heterocycles. The van der Waals surface area contributed by atoms with Gasteiger partial charge in [-0.05, 0) is 37.0 Å². The zero-order chi connectivity index (χ0) is 15.6. The van der Waals surface area contributed by atoms with Crippen molar-refractivity contribution in [2.24, 2.45) is 17.8 Å². The van der Waals surface area contributed by atoms with Crippen molar-refractivity contribution in [3.05, 3.63) is 21.6 Å².